The van der Waals surface area contributed by atoms with Gasteiger partial charge in [0.05, 0.1) is 7.11 Å². The van der Waals surface area contributed by atoms with Crippen LogP contribution in [-0.4, -0.2) is 32.8 Å². The SMILES string of the molecule is COc1cc(F)cc(N2CCNC(C(C)C)C2)c1. The summed E-state index contributed by atoms with van der Waals surface area (Å²) in [5, 5.41) is 3.49. The maximum atomic E-state index is 13.5. The molecule has 0 aliphatic carbocycles. The van der Waals surface area contributed by atoms with Gasteiger partial charge < -0.3 is 15.0 Å². The van der Waals surface area contributed by atoms with Crippen molar-refractivity contribution in [3.05, 3.63) is 24.0 Å². The van der Waals surface area contributed by atoms with E-state index in [9.17, 15) is 4.39 Å². The predicted octanol–water partition coefficient (Wildman–Crippen LogP) is 2.27. The van der Waals surface area contributed by atoms with E-state index < -0.39 is 0 Å². The predicted molar refractivity (Wildman–Crippen MR) is 71.8 cm³/mol. The summed E-state index contributed by atoms with van der Waals surface area (Å²) < 4.78 is 18.6. The fourth-order valence-electron chi connectivity index (χ4n) is 2.31. The summed E-state index contributed by atoms with van der Waals surface area (Å²) in [5.74, 6) is 0.900. The molecule has 0 radical (unpaired) electrons. The molecule has 1 saturated heterocycles. The molecule has 1 aliphatic heterocycles. The Labute approximate surface area is 108 Å². The van der Waals surface area contributed by atoms with Gasteiger partial charge in [0.15, 0.2) is 0 Å². The van der Waals surface area contributed by atoms with Gasteiger partial charge in [-0.2, -0.15) is 0 Å². The van der Waals surface area contributed by atoms with Crippen molar-refractivity contribution in [3.8, 4) is 5.75 Å². The number of nitrogens with one attached hydrogen (secondary N) is 1. The van der Waals surface area contributed by atoms with Crippen LogP contribution in [0.25, 0.3) is 0 Å². The van der Waals surface area contributed by atoms with Crippen molar-refractivity contribution in [2.75, 3.05) is 31.6 Å². The van der Waals surface area contributed by atoms with Gasteiger partial charge in [-0.3, -0.25) is 0 Å². The van der Waals surface area contributed by atoms with Gasteiger partial charge in [0, 0.05) is 43.5 Å². The third-order valence-electron chi connectivity index (χ3n) is 3.47. The molecule has 1 heterocycles. The quantitative estimate of drug-likeness (QED) is 0.893. The fraction of sp³-hybridized carbons (Fsp3) is 0.571. The number of hydrogen-bond donors (Lipinski definition) is 1. The topological polar surface area (TPSA) is 24.5 Å². The van der Waals surface area contributed by atoms with Crippen molar-refractivity contribution >= 4 is 5.69 Å². The van der Waals surface area contributed by atoms with Crippen LogP contribution in [0.3, 0.4) is 0 Å². The first-order valence-corrected chi connectivity index (χ1v) is 6.43. The molecule has 0 aromatic heterocycles. The highest BCUT2D eigenvalue weighted by atomic mass is 19.1. The number of piperazine rings is 1. The second kappa shape index (κ2) is 5.57. The molecule has 1 aromatic rings. The van der Waals surface area contributed by atoms with Crippen LogP contribution in [0.1, 0.15) is 13.8 Å². The molecule has 18 heavy (non-hydrogen) atoms. The zero-order chi connectivity index (χ0) is 13.1. The lowest BCUT2D eigenvalue weighted by Crippen LogP contribution is -2.53. The van der Waals surface area contributed by atoms with E-state index in [0.29, 0.717) is 17.7 Å². The Balaban J connectivity index is 2.17. The number of halogens is 1. The van der Waals surface area contributed by atoms with Gasteiger partial charge in [0.1, 0.15) is 11.6 Å². The lowest BCUT2D eigenvalue weighted by molar-refractivity contribution is 0.367. The van der Waals surface area contributed by atoms with E-state index in [-0.39, 0.29) is 5.82 Å². The highest BCUT2D eigenvalue weighted by Crippen LogP contribution is 2.24. The van der Waals surface area contributed by atoms with Gasteiger partial charge in [-0.25, -0.2) is 4.39 Å². The number of benzene rings is 1. The number of methoxy groups -OCH3 is 1. The van der Waals surface area contributed by atoms with E-state index in [0.717, 1.165) is 25.3 Å². The first-order valence-electron chi connectivity index (χ1n) is 6.43. The normalized spacial score (nSPS) is 20.3. The minimum Gasteiger partial charge on any atom is -0.497 e. The van der Waals surface area contributed by atoms with E-state index in [1.165, 1.54) is 6.07 Å². The second-order valence-corrected chi connectivity index (χ2v) is 5.10. The maximum absolute atomic E-state index is 13.5. The summed E-state index contributed by atoms with van der Waals surface area (Å²) in [4.78, 5) is 2.22. The molecule has 0 spiro atoms. The minimum atomic E-state index is -0.246. The van der Waals surface area contributed by atoms with E-state index >= 15 is 0 Å². The van der Waals surface area contributed by atoms with Crippen molar-refractivity contribution in [1.82, 2.24) is 5.32 Å². The molecule has 1 unspecified atom stereocenters. The van der Waals surface area contributed by atoms with Gasteiger partial charge in [0.25, 0.3) is 0 Å². The molecule has 3 nitrogen and oxygen atoms in total. The van der Waals surface area contributed by atoms with Gasteiger partial charge >= 0.3 is 0 Å². The number of anilines is 1. The van der Waals surface area contributed by atoms with Crippen LogP contribution in [0, 0.1) is 11.7 Å². The third-order valence-corrected chi connectivity index (χ3v) is 3.47. The first-order chi connectivity index (χ1) is 8.60. The fourth-order valence-corrected chi connectivity index (χ4v) is 2.31. The van der Waals surface area contributed by atoms with Gasteiger partial charge in [-0.1, -0.05) is 13.8 Å². The molecular formula is C14H21FN2O. The Morgan fingerprint density at radius 3 is 2.83 bits per heavy atom. The van der Waals surface area contributed by atoms with Crippen molar-refractivity contribution < 1.29 is 9.13 Å². The summed E-state index contributed by atoms with van der Waals surface area (Å²) in [6.45, 7) is 7.14. The molecule has 0 bridgehead atoms. The molecule has 2 rings (SSSR count). The minimum absolute atomic E-state index is 0.246. The van der Waals surface area contributed by atoms with Crippen molar-refractivity contribution in [2.24, 2.45) is 5.92 Å². The van der Waals surface area contributed by atoms with Crippen LogP contribution in [-0.2, 0) is 0 Å². The molecule has 0 amide bonds. The Hall–Kier alpha value is -1.29. The zero-order valence-corrected chi connectivity index (χ0v) is 11.2. The van der Waals surface area contributed by atoms with E-state index in [4.69, 9.17) is 4.74 Å². The van der Waals surface area contributed by atoms with E-state index in [1.54, 1.807) is 13.2 Å². The summed E-state index contributed by atoms with van der Waals surface area (Å²) >= 11 is 0. The van der Waals surface area contributed by atoms with Gasteiger partial charge in [-0.05, 0) is 12.0 Å². The average molecular weight is 252 g/mol. The zero-order valence-electron chi connectivity index (χ0n) is 11.2. The third kappa shape index (κ3) is 2.93. The number of rotatable bonds is 3. The summed E-state index contributed by atoms with van der Waals surface area (Å²) in [5.41, 5.74) is 0.902. The van der Waals surface area contributed by atoms with E-state index in [1.807, 2.05) is 6.07 Å². The van der Waals surface area contributed by atoms with Crippen LogP contribution < -0.4 is 15.0 Å². The Morgan fingerprint density at radius 1 is 1.39 bits per heavy atom. The molecule has 1 N–H and O–H groups in total. The Bertz CT molecular complexity index is 409. The van der Waals surface area contributed by atoms with Crippen LogP contribution in [0.2, 0.25) is 0 Å². The second-order valence-electron chi connectivity index (χ2n) is 5.10. The Kier molecular flexibility index (Phi) is 4.07. The van der Waals surface area contributed by atoms with Crippen LogP contribution >= 0.6 is 0 Å². The van der Waals surface area contributed by atoms with Crippen LogP contribution in [0.15, 0.2) is 18.2 Å². The summed E-state index contributed by atoms with van der Waals surface area (Å²) in [6.07, 6.45) is 0. The lowest BCUT2D eigenvalue weighted by Gasteiger charge is -2.37. The summed E-state index contributed by atoms with van der Waals surface area (Å²) in [6, 6.07) is 5.33. The van der Waals surface area contributed by atoms with Crippen LogP contribution in [0.5, 0.6) is 5.75 Å². The molecule has 100 valence electrons. The van der Waals surface area contributed by atoms with Crippen LogP contribution in [0.4, 0.5) is 10.1 Å². The van der Waals surface area contributed by atoms with Crippen molar-refractivity contribution in [1.29, 1.82) is 0 Å². The number of nitrogens with zero attached hydrogens (tertiary/aromatic N) is 1. The molecule has 0 saturated carbocycles. The molecule has 1 aromatic carbocycles. The monoisotopic (exact) mass is 252 g/mol. The molecule has 1 atom stereocenters. The van der Waals surface area contributed by atoms with Gasteiger partial charge in [0.2, 0.25) is 0 Å². The largest absolute Gasteiger partial charge is 0.497 e. The highest BCUT2D eigenvalue weighted by Gasteiger charge is 2.22. The average Bonchev–Trinajstić information content (AvgIpc) is 2.38. The van der Waals surface area contributed by atoms with E-state index in [2.05, 4.69) is 24.1 Å². The maximum Gasteiger partial charge on any atom is 0.128 e. The number of hydrogen-bond acceptors (Lipinski definition) is 3. The molecule has 1 aliphatic rings. The molecule has 1 fully saturated rings. The Morgan fingerprint density at radius 2 is 2.17 bits per heavy atom. The van der Waals surface area contributed by atoms with Crippen molar-refractivity contribution in [3.63, 3.8) is 0 Å². The smallest absolute Gasteiger partial charge is 0.128 e. The van der Waals surface area contributed by atoms with Gasteiger partial charge in [-0.15, -0.1) is 0 Å². The lowest BCUT2D eigenvalue weighted by atomic mass is 10.0. The first kappa shape index (κ1) is 13.1. The highest BCUT2D eigenvalue weighted by molar-refractivity contribution is 5.51. The standard InChI is InChI=1S/C14H21FN2O/c1-10(2)14-9-17(5-4-16-14)12-6-11(15)7-13(8-12)18-3/h6-8,10,14,16H,4-5,9H2,1-3H3. The number of ether oxygens (including phenoxy) is 1. The molecular weight excluding hydrogens is 231 g/mol. The summed E-state index contributed by atoms with van der Waals surface area (Å²) in [7, 11) is 1.56. The van der Waals surface area contributed by atoms with Crippen molar-refractivity contribution in [2.45, 2.75) is 19.9 Å². The molecule has 4 heteroatoms.